The predicted molar refractivity (Wildman–Crippen MR) is 121 cm³/mol. The van der Waals surface area contributed by atoms with Gasteiger partial charge in [0, 0.05) is 49.0 Å². The van der Waals surface area contributed by atoms with E-state index in [4.69, 9.17) is 4.42 Å². The summed E-state index contributed by atoms with van der Waals surface area (Å²) in [5.74, 6) is 1.67. The van der Waals surface area contributed by atoms with E-state index in [1.165, 1.54) is 4.88 Å². The molecule has 2 atom stereocenters. The molecule has 2 aromatic heterocycles. The highest BCUT2D eigenvalue weighted by Gasteiger charge is 2.46. The van der Waals surface area contributed by atoms with Crippen molar-refractivity contribution in [1.82, 2.24) is 9.88 Å². The molecule has 1 saturated heterocycles. The highest BCUT2D eigenvalue weighted by Crippen LogP contribution is 2.50. The van der Waals surface area contributed by atoms with E-state index in [-0.39, 0.29) is 17.5 Å². The summed E-state index contributed by atoms with van der Waals surface area (Å²) in [5.41, 5.74) is 1.32. The first-order valence-corrected chi connectivity index (χ1v) is 11.3. The van der Waals surface area contributed by atoms with E-state index in [9.17, 15) is 10.1 Å². The first-order valence-electron chi connectivity index (χ1n) is 10.4. The molecule has 5 rings (SSSR count). The van der Waals surface area contributed by atoms with Gasteiger partial charge in [0.05, 0.1) is 0 Å². The maximum Gasteiger partial charge on any atom is 0.235 e. The summed E-state index contributed by atoms with van der Waals surface area (Å²) in [7, 11) is 0. The number of amides is 1. The van der Waals surface area contributed by atoms with Crippen LogP contribution in [0.4, 0.5) is 5.88 Å². The summed E-state index contributed by atoms with van der Waals surface area (Å²) in [6.07, 6.45) is 4.64. The maximum atomic E-state index is 12.9. The van der Waals surface area contributed by atoms with Gasteiger partial charge in [0.15, 0.2) is 0 Å². The fourth-order valence-electron chi connectivity index (χ4n) is 4.07. The zero-order valence-corrected chi connectivity index (χ0v) is 17.8. The average Bonchev–Trinajstić information content (AvgIpc) is 3.23. The van der Waals surface area contributed by atoms with Crippen LogP contribution < -0.4 is 4.90 Å². The average molecular weight is 431 g/mol. The van der Waals surface area contributed by atoms with Crippen LogP contribution >= 0.6 is 11.3 Å². The monoisotopic (exact) mass is 430 g/mol. The third-order valence-electron chi connectivity index (χ3n) is 5.84. The Morgan fingerprint density at radius 2 is 1.94 bits per heavy atom. The number of thiophene rings is 1. The summed E-state index contributed by atoms with van der Waals surface area (Å²) in [4.78, 5) is 22.5. The fraction of sp³-hybridized carbons (Fsp3) is 0.292. The second kappa shape index (κ2) is 8.40. The number of rotatable bonds is 5. The van der Waals surface area contributed by atoms with E-state index in [2.05, 4.69) is 22.5 Å². The number of aromatic nitrogens is 1. The third-order valence-corrected chi connectivity index (χ3v) is 6.85. The minimum atomic E-state index is 0.125. The van der Waals surface area contributed by atoms with Gasteiger partial charge in [-0.15, -0.1) is 11.3 Å². The lowest BCUT2D eigenvalue weighted by Gasteiger charge is -2.34. The van der Waals surface area contributed by atoms with E-state index in [1.807, 2.05) is 52.3 Å². The number of anilines is 1. The standard InChI is InChI=1S/C24H22N4O2S/c25-16-20-24(30-22(26-20)9-8-17-5-2-1-3-6-17)28-12-10-27(11-13-28)23(29)19-15-18(19)21-7-4-14-31-21/h1-9,14,18-19H,10-13,15H2/b9-8+. The largest absolute Gasteiger partial charge is 0.420 e. The summed E-state index contributed by atoms with van der Waals surface area (Å²) in [6, 6.07) is 16.2. The van der Waals surface area contributed by atoms with Gasteiger partial charge in [0.25, 0.3) is 0 Å². The molecular formula is C24H22N4O2S. The van der Waals surface area contributed by atoms with Crippen molar-refractivity contribution in [3.8, 4) is 6.07 Å². The molecule has 1 saturated carbocycles. The summed E-state index contributed by atoms with van der Waals surface area (Å²) < 4.78 is 5.89. The van der Waals surface area contributed by atoms with Crippen LogP contribution in [-0.4, -0.2) is 42.0 Å². The number of carbonyl (C=O) groups is 1. The van der Waals surface area contributed by atoms with Gasteiger partial charge in [-0.2, -0.15) is 10.2 Å². The first-order chi connectivity index (χ1) is 15.2. The molecule has 0 N–H and O–H groups in total. The van der Waals surface area contributed by atoms with Crippen molar-refractivity contribution in [1.29, 1.82) is 5.26 Å². The molecule has 2 fully saturated rings. The highest BCUT2D eigenvalue weighted by molar-refractivity contribution is 7.10. The first kappa shape index (κ1) is 19.6. The van der Waals surface area contributed by atoms with Gasteiger partial charge in [0.2, 0.25) is 23.4 Å². The van der Waals surface area contributed by atoms with Crippen LogP contribution in [0.5, 0.6) is 0 Å². The van der Waals surface area contributed by atoms with Crippen molar-refractivity contribution in [2.75, 3.05) is 31.1 Å². The Balaban J connectivity index is 1.21. The number of piperazine rings is 1. The van der Waals surface area contributed by atoms with Crippen LogP contribution in [0.1, 0.15) is 34.4 Å². The number of carbonyl (C=O) groups excluding carboxylic acids is 1. The summed E-state index contributed by atoms with van der Waals surface area (Å²) in [6.45, 7) is 2.53. The summed E-state index contributed by atoms with van der Waals surface area (Å²) in [5, 5.41) is 11.6. The van der Waals surface area contributed by atoms with Crippen molar-refractivity contribution in [2.45, 2.75) is 12.3 Å². The lowest BCUT2D eigenvalue weighted by atomic mass is 10.2. The number of hydrogen-bond acceptors (Lipinski definition) is 6. The van der Waals surface area contributed by atoms with Crippen LogP contribution in [0.2, 0.25) is 0 Å². The number of oxazole rings is 1. The van der Waals surface area contributed by atoms with Crippen molar-refractivity contribution in [3.63, 3.8) is 0 Å². The Morgan fingerprint density at radius 1 is 1.13 bits per heavy atom. The molecule has 1 aliphatic carbocycles. The molecule has 3 heterocycles. The van der Waals surface area contributed by atoms with Crippen LogP contribution in [0.3, 0.4) is 0 Å². The fourth-order valence-corrected chi connectivity index (χ4v) is 4.97. The molecule has 0 spiro atoms. The van der Waals surface area contributed by atoms with Crippen LogP contribution in [0.15, 0.2) is 52.3 Å². The zero-order chi connectivity index (χ0) is 21.2. The molecule has 6 nitrogen and oxygen atoms in total. The van der Waals surface area contributed by atoms with Gasteiger partial charge >= 0.3 is 0 Å². The van der Waals surface area contributed by atoms with Crippen molar-refractivity contribution < 1.29 is 9.21 Å². The Morgan fingerprint density at radius 3 is 2.65 bits per heavy atom. The molecule has 1 aliphatic heterocycles. The van der Waals surface area contributed by atoms with E-state index < -0.39 is 0 Å². The van der Waals surface area contributed by atoms with Gasteiger partial charge in [-0.1, -0.05) is 36.4 Å². The topological polar surface area (TPSA) is 73.4 Å². The Bertz CT molecular complexity index is 1120. The Labute approximate surface area is 185 Å². The van der Waals surface area contributed by atoms with Crippen molar-refractivity contribution in [3.05, 3.63) is 69.9 Å². The Hall–Kier alpha value is -3.37. The second-order valence-electron chi connectivity index (χ2n) is 7.84. The quantitative estimate of drug-likeness (QED) is 0.606. The van der Waals surface area contributed by atoms with Crippen LogP contribution in [-0.2, 0) is 4.79 Å². The number of hydrogen-bond donors (Lipinski definition) is 0. The molecule has 2 unspecified atom stereocenters. The molecule has 1 amide bonds. The molecular weight excluding hydrogens is 408 g/mol. The van der Waals surface area contributed by atoms with Crippen molar-refractivity contribution in [2.24, 2.45) is 5.92 Å². The van der Waals surface area contributed by atoms with E-state index in [0.717, 1.165) is 12.0 Å². The minimum Gasteiger partial charge on any atom is -0.420 e. The highest BCUT2D eigenvalue weighted by atomic mass is 32.1. The molecule has 1 aromatic carbocycles. The lowest BCUT2D eigenvalue weighted by Crippen LogP contribution is -2.49. The van der Waals surface area contributed by atoms with Gasteiger partial charge in [-0.05, 0) is 29.5 Å². The molecule has 3 aromatic rings. The summed E-state index contributed by atoms with van der Waals surface area (Å²) >= 11 is 1.73. The van der Waals surface area contributed by atoms with Gasteiger partial charge in [-0.25, -0.2) is 0 Å². The predicted octanol–water partition coefficient (Wildman–Crippen LogP) is 4.23. The number of benzene rings is 1. The number of nitrogens with zero attached hydrogens (tertiary/aromatic N) is 4. The van der Waals surface area contributed by atoms with Gasteiger partial charge < -0.3 is 14.2 Å². The molecule has 7 heteroatoms. The molecule has 156 valence electrons. The van der Waals surface area contributed by atoms with E-state index in [1.54, 1.807) is 17.4 Å². The SMILES string of the molecule is N#Cc1nc(/C=C/c2ccccc2)oc1N1CCN(C(=O)C2CC2c2cccs2)CC1. The zero-order valence-electron chi connectivity index (χ0n) is 17.0. The van der Waals surface area contributed by atoms with Gasteiger partial charge in [0.1, 0.15) is 6.07 Å². The minimum absolute atomic E-state index is 0.125. The van der Waals surface area contributed by atoms with E-state index in [0.29, 0.717) is 43.9 Å². The van der Waals surface area contributed by atoms with E-state index >= 15 is 0 Å². The molecule has 31 heavy (non-hydrogen) atoms. The molecule has 0 radical (unpaired) electrons. The third kappa shape index (κ3) is 4.12. The Kier molecular flexibility index (Phi) is 5.31. The second-order valence-corrected chi connectivity index (χ2v) is 8.82. The smallest absolute Gasteiger partial charge is 0.235 e. The number of nitriles is 1. The maximum absolute atomic E-state index is 12.9. The van der Waals surface area contributed by atoms with Crippen LogP contribution in [0.25, 0.3) is 12.2 Å². The molecule has 0 bridgehead atoms. The lowest BCUT2D eigenvalue weighted by molar-refractivity contribution is -0.133. The van der Waals surface area contributed by atoms with Gasteiger partial charge in [-0.3, -0.25) is 4.79 Å². The van der Waals surface area contributed by atoms with Crippen molar-refractivity contribution >= 4 is 35.3 Å². The molecule has 2 aliphatic rings. The normalized spacial score (nSPS) is 20.7. The van der Waals surface area contributed by atoms with Crippen LogP contribution in [0, 0.1) is 17.2 Å².